The molecule has 2 rings (SSSR count). The van der Waals surface area contributed by atoms with Crippen LogP contribution in [0.2, 0.25) is 0 Å². The summed E-state index contributed by atoms with van der Waals surface area (Å²) < 4.78 is 0. The van der Waals surface area contributed by atoms with Crippen molar-refractivity contribution in [3.05, 3.63) is 47.6 Å². The minimum atomic E-state index is 0. The molecule has 0 aliphatic heterocycles. The molecule has 0 nitrogen and oxygen atoms in total. The summed E-state index contributed by atoms with van der Waals surface area (Å²) in [6, 6.07) is 0. The molecule has 0 unspecified atom stereocenters. The fraction of sp³-hybridized carbons (Fsp3) is 0. The molecule has 2 aliphatic rings. The molecule has 0 fully saturated rings. The molecule has 0 saturated carbocycles. The Kier molecular flexibility index (Phi) is 4.18. The van der Waals surface area contributed by atoms with Gasteiger partial charge in [-0.3, -0.25) is 0 Å². The van der Waals surface area contributed by atoms with Crippen LogP contribution in [-0.2, 0) is 0 Å². The Bertz CT molecular complexity index is 206. The van der Waals surface area contributed by atoms with Crippen LogP contribution in [0.15, 0.2) is 35.5 Å². The largest absolute Gasteiger partial charge is 1.00 e. The molecule has 0 atom stereocenters. The fourth-order valence-electron chi connectivity index (χ4n) is 0.859. The van der Waals surface area contributed by atoms with E-state index < -0.39 is 0 Å². The van der Waals surface area contributed by atoms with Crippen molar-refractivity contribution in [2.75, 3.05) is 0 Å². The molecule has 0 bridgehead atoms. The van der Waals surface area contributed by atoms with Crippen molar-refractivity contribution >= 4 is 0 Å². The number of allylic oxidation sites excluding steroid dienone is 8. The molecule has 0 spiro atoms. The van der Waals surface area contributed by atoms with Crippen LogP contribution in [0.4, 0.5) is 0 Å². The normalized spacial score (nSPS) is 16.8. The Morgan fingerprint density at radius 3 is 1.60 bits per heavy atom. The molecule has 0 aromatic heterocycles. The van der Waals surface area contributed by atoms with Gasteiger partial charge < -0.3 is 0 Å². The van der Waals surface area contributed by atoms with Crippen molar-refractivity contribution in [2.24, 2.45) is 0 Å². The Hall–Kier alpha value is 0.155. The Morgan fingerprint density at radius 1 is 0.800 bits per heavy atom. The van der Waals surface area contributed by atoms with E-state index in [-0.39, 0.29) is 37.7 Å². The molecule has 0 N–H and O–H groups in total. The van der Waals surface area contributed by atoms with Gasteiger partial charge >= 0.3 is 37.7 Å². The molecular formula is C8H4Li2. The number of fused-ring (bicyclic) bond motifs is 1. The van der Waals surface area contributed by atoms with Gasteiger partial charge in [0, 0.05) is 0 Å². The Morgan fingerprint density at radius 2 is 1.20 bits per heavy atom. The summed E-state index contributed by atoms with van der Waals surface area (Å²) >= 11 is 0. The Labute approximate surface area is 85.1 Å². The van der Waals surface area contributed by atoms with Gasteiger partial charge in [0.15, 0.2) is 0 Å². The first-order chi connectivity index (χ1) is 3.97. The number of hydrogen-bond donors (Lipinski definition) is 0. The summed E-state index contributed by atoms with van der Waals surface area (Å²) in [5.74, 6) is 0. The van der Waals surface area contributed by atoms with Crippen molar-refractivity contribution < 1.29 is 37.7 Å². The average molecular weight is 114 g/mol. The quantitative estimate of drug-likeness (QED) is 0.220. The first kappa shape index (κ1) is 10.2. The molecule has 2 aliphatic carbocycles. The molecule has 0 saturated heterocycles. The van der Waals surface area contributed by atoms with E-state index in [0.717, 1.165) is 0 Å². The van der Waals surface area contributed by atoms with E-state index in [1.54, 1.807) is 0 Å². The topological polar surface area (TPSA) is 0 Å². The van der Waals surface area contributed by atoms with Gasteiger partial charge in [-0.25, -0.2) is 0 Å². The van der Waals surface area contributed by atoms with Gasteiger partial charge in [-0.1, -0.05) is 0 Å². The van der Waals surface area contributed by atoms with E-state index >= 15 is 0 Å². The van der Waals surface area contributed by atoms with Gasteiger partial charge in [-0.2, -0.15) is 47.6 Å². The summed E-state index contributed by atoms with van der Waals surface area (Å²) in [6.07, 6.45) is 13.9. The predicted molar refractivity (Wildman–Crippen MR) is 31.8 cm³/mol. The Balaban J connectivity index is 0.000000405. The van der Waals surface area contributed by atoms with Gasteiger partial charge in [0.05, 0.1) is 0 Å². The minimum absolute atomic E-state index is 0. The second kappa shape index (κ2) is 4.12. The first-order valence-corrected chi connectivity index (χ1v) is 2.56. The SMILES string of the molecule is [C-]1=CC2=C[C-]=CC2=C1.[Li+].[Li+]. The molecular weight excluding hydrogens is 110 g/mol. The molecule has 0 aromatic carbocycles. The van der Waals surface area contributed by atoms with Crippen molar-refractivity contribution in [3.63, 3.8) is 0 Å². The molecule has 0 amide bonds. The molecule has 0 radical (unpaired) electrons. The maximum atomic E-state index is 3.00. The van der Waals surface area contributed by atoms with Crippen molar-refractivity contribution in [1.82, 2.24) is 0 Å². The smallest absolute Gasteiger partial charge is 0.185 e. The van der Waals surface area contributed by atoms with E-state index in [9.17, 15) is 0 Å². The zero-order valence-corrected chi connectivity index (χ0v) is 6.31. The average Bonchev–Trinajstić information content (AvgIpc) is 2.15. The standard InChI is InChI=1S/C8H4.2Li/c1-3-7-5-2-6-8(7)4-1;;/h3-6H;;/q-2;2*+1. The molecule has 0 heterocycles. The van der Waals surface area contributed by atoms with Crippen molar-refractivity contribution in [3.8, 4) is 0 Å². The van der Waals surface area contributed by atoms with Gasteiger partial charge in [0.25, 0.3) is 0 Å². The van der Waals surface area contributed by atoms with E-state index in [1.165, 1.54) is 11.1 Å². The number of rotatable bonds is 0. The van der Waals surface area contributed by atoms with Crippen LogP contribution in [0.3, 0.4) is 0 Å². The predicted octanol–water partition coefficient (Wildman–Crippen LogP) is -4.41. The van der Waals surface area contributed by atoms with Crippen LogP contribution in [0.25, 0.3) is 0 Å². The van der Waals surface area contributed by atoms with Crippen LogP contribution in [0.5, 0.6) is 0 Å². The second-order valence-corrected chi connectivity index (χ2v) is 1.82. The third-order valence-electron chi connectivity index (χ3n) is 1.29. The molecule has 2 heteroatoms. The maximum absolute atomic E-state index is 3.00. The second-order valence-electron chi connectivity index (χ2n) is 1.82. The first-order valence-electron chi connectivity index (χ1n) is 2.56. The van der Waals surface area contributed by atoms with Gasteiger partial charge in [0.1, 0.15) is 0 Å². The van der Waals surface area contributed by atoms with Crippen LogP contribution >= 0.6 is 0 Å². The minimum Gasteiger partial charge on any atom is -0.185 e. The third kappa shape index (κ3) is 1.60. The fourth-order valence-corrected chi connectivity index (χ4v) is 0.859. The van der Waals surface area contributed by atoms with Gasteiger partial charge in [-0.15, -0.1) is 0 Å². The monoisotopic (exact) mass is 114 g/mol. The molecule has 10 heavy (non-hydrogen) atoms. The molecule has 0 aromatic rings. The van der Waals surface area contributed by atoms with Crippen LogP contribution in [0.1, 0.15) is 0 Å². The summed E-state index contributed by atoms with van der Waals surface area (Å²) in [7, 11) is 0. The number of hydrogen-bond acceptors (Lipinski definition) is 0. The maximum Gasteiger partial charge on any atom is 1.00 e. The van der Waals surface area contributed by atoms with Crippen molar-refractivity contribution in [2.45, 2.75) is 0 Å². The van der Waals surface area contributed by atoms with E-state index in [0.29, 0.717) is 0 Å². The van der Waals surface area contributed by atoms with E-state index in [2.05, 4.69) is 12.2 Å². The summed E-state index contributed by atoms with van der Waals surface area (Å²) in [5.41, 5.74) is 2.48. The summed E-state index contributed by atoms with van der Waals surface area (Å²) in [5, 5.41) is 0. The van der Waals surface area contributed by atoms with Crippen LogP contribution < -0.4 is 37.7 Å². The summed E-state index contributed by atoms with van der Waals surface area (Å²) in [4.78, 5) is 0. The van der Waals surface area contributed by atoms with Crippen LogP contribution in [0, 0.1) is 12.2 Å². The van der Waals surface area contributed by atoms with Crippen LogP contribution in [-0.4, -0.2) is 0 Å². The zero-order chi connectivity index (χ0) is 5.40. The summed E-state index contributed by atoms with van der Waals surface area (Å²) in [6.45, 7) is 0. The van der Waals surface area contributed by atoms with Gasteiger partial charge in [-0.05, 0) is 0 Å². The zero-order valence-electron chi connectivity index (χ0n) is 6.31. The van der Waals surface area contributed by atoms with E-state index in [1.807, 2.05) is 24.3 Å². The van der Waals surface area contributed by atoms with Crippen molar-refractivity contribution in [1.29, 1.82) is 0 Å². The van der Waals surface area contributed by atoms with E-state index in [4.69, 9.17) is 0 Å². The van der Waals surface area contributed by atoms with Gasteiger partial charge in [0.2, 0.25) is 0 Å². The molecule has 38 valence electrons. The third-order valence-corrected chi connectivity index (χ3v) is 1.29.